The van der Waals surface area contributed by atoms with Crippen molar-refractivity contribution in [1.82, 2.24) is 9.47 Å². The van der Waals surface area contributed by atoms with Crippen LogP contribution in [0.4, 0.5) is 0 Å². The summed E-state index contributed by atoms with van der Waals surface area (Å²) in [6, 6.07) is 9.75. The van der Waals surface area contributed by atoms with E-state index in [1.54, 1.807) is 35.8 Å². The van der Waals surface area contributed by atoms with Crippen LogP contribution >= 0.6 is 0 Å². The molecule has 1 aromatic heterocycles. The summed E-state index contributed by atoms with van der Waals surface area (Å²) in [4.78, 5) is 25.5. The molecule has 0 unspecified atom stereocenters. The maximum absolute atomic E-state index is 12.5. The molecule has 1 heterocycles. The number of carbonyl (C=O) groups is 2. The van der Waals surface area contributed by atoms with Crippen LogP contribution in [0.15, 0.2) is 36.5 Å². The number of hydrogen-bond acceptors (Lipinski definition) is 2. The number of amides is 1. The Morgan fingerprint density at radius 1 is 1.19 bits per heavy atom. The van der Waals surface area contributed by atoms with Gasteiger partial charge in [-0.05, 0) is 25.5 Å². The maximum atomic E-state index is 12.5. The van der Waals surface area contributed by atoms with Gasteiger partial charge >= 0.3 is 0 Å². The Balaban J connectivity index is 2.15. The first-order valence-electron chi connectivity index (χ1n) is 6.87. The molecule has 0 fully saturated rings. The van der Waals surface area contributed by atoms with Crippen molar-refractivity contribution < 1.29 is 9.59 Å². The molecule has 0 saturated carbocycles. The van der Waals surface area contributed by atoms with Gasteiger partial charge in [-0.2, -0.15) is 0 Å². The second-order valence-corrected chi connectivity index (χ2v) is 5.43. The molecule has 0 atom stereocenters. The molecule has 110 valence electrons. The molecule has 0 spiro atoms. The molecule has 0 bridgehead atoms. The highest BCUT2D eigenvalue weighted by molar-refractivity contribution is 5.99. The lowest BCUT2D eigenvalue weighted by molar-refractivity contribution is 0.0775. The van der Waals surface area contributed by atoms with Crippen molar-refractivity contribution in [1.29, 1.82) is 0 Å². The third-order valence-corrected chi connectivity index (χ3v) is 3.52. The lowest BCUT2D eigenvalue weighted by Crippen LogP contribution is -2.27. The quantitative estimate of drug-likeness (QED) is 0.810. The van der Waals surface area contributed by atoms with Crippen molar-refractivity contribution >= 4 is 11.7 Å². The fourth-order valence-corrected chi connectivity index (χ4v) is 2.20. The average Bonchev–Trinajstić information content (AvgIpc) is 2.82. The smallest absolute Gasteiger partial charge is 0.270 e. The molecule has 4 nitrogen and oxygen atoms in total. The Morgan fingerprint density at radius 2 is 1.81 bits per heavy atom. The Morgan fingerprint density at radius 3 is 2.33 bits per heavy atom. The molecule has 21 heavy (non-hydrogen) atoms. The van der Waals surface area contributed by atoms with E-state index in [4.69, 9.17) is 0 Å². The van der Waals surface area contributed by atoms with Crippen molar-refractivity contribution in [3.05, 3.63) is 58.9 Å². The van der Waals surface area contributed by atoms with E-state index in [2.05, 4.69) is 0 Å². The van der Waals surface area contributed by atoms with Crippen LogP contribution in [0.2, 0.25) is 0 Å². The number of Topliss-reactive ketones (excluding diaryl/α,β-unsaturated/α-hetero) is 1. The topological polar surface area (TPSA) is 42.3 Å². The lowest BCUT2D eigenvalue weighted by atomic mass is 10.1. The number of benzene rings is 1. The van der Waals surface area contributed by atoms with Crippen LogP contribution in [0.25, 0.3) is 0 Å². The third-order valence-electron chi connectivity index (χ3n) is 3.52. The molecule has 4 heteroatoms. The van der Waals surface area contributed by atoms with Crippen molar-refractivity contribution in [2.45, 2.75) is 20.4 Å². The van der Waals surface area contributed by atoms with Crippen molar-refractivity contribution in [2.75, 3.05) is 7.05 Å². The SMILES string of the molecule is CC(=O)c1cc(C(=O)N(C)Cc2ccc(C)cc2)n(C)c1. The zero-order chi connectivity index (χ0) is 15.6. The molecular weight excluding hydrogens is 264 g/mol. The van der Waals surface area contributed by atoms with Gasteiger partial charge in [0.15, 0.2) is 5.78 Å². The molecule has 1 amide bonds. The Hall–Kier alpha value is -2.36. The van der Waals surface area contributed by atoms with Gasteiger partial charge in [-0.1, -0.05) is 29.8 Å². The van der Waals surface area contributed by atoms with Crippen LogP contribution in [-0.2, 0) is 13.6 Å². The monoisotopic (exact) mass is 284 g/mol. The summed E-state index contributed by atoms with van der Waals surface area (Å²) in [5, 5.41) is 0. The van der Waals surface area contributed by atoms with Crippen molar-refractivity contribution in [2.24, 2.45) is 7.05 Å². The summed E-state index contributed by atoms with van der Waals surface area (Å²) in [6.07, 6.45) is 1.69. The van der Waals surface area contributed by atoms with Gasteiger partial charge in [0.05, 0.1) is 0 Å². The number of hydrogen-bond donors (Lipinski definition) is 0. The number of aromatic nitrogens is 1. The largest absolute Gasteiger partial charge is 0.346 e. The zero-order valence-corrected chi connectivity index (χ0v) is 12.9. The minimum Gasteiger partial charge on any atom is -0.346 e. The second kappa shape index (κ2) is 5.95. The van der Waals surface area contributed by atoms with Gasteiger partial charge in [0, 0.05) is 32.4 Å². The number of aryl methyl sites for hydroxylation is 2. The molecule has 0 aliphatic heterocycles. The van der Waals surface area contributed by atoms with Crippen LogP contribution in [0.5, 0.6) is 0 Å². The molecule has 0 aliphatic carbocycles. The first-order chi connectivity index (χ1) is 9.88. The van der Waals surface area contributed by atoms with Crippen LogP contribution in [-0.4, -0.2) is 28.2 Å². The van der Waals surface area contributed by atoms with E-state index in [1.807, 2.05) is 31.2 Å². The van der Waals surface area contributed by atoms with Crippen LogP contribution in [0, 0.1) is 6.92 Å². The molecule has 1 aromatic carbocycles. The lowest BCUT2D eigenvalue weighted by Gasteiger charge is -2.17. The van der Waals surface area contributed by atoms with Crippen LogP contribution in [0.3, 0.4) is 0 Å². The Kier molecular flexibility index (Phi) is 4.26. The normalized spacial score (nSPS) is 10.5. The number of ketones is 1. The highest BCUT2D eigenvalue weighted by atomic mass is 16.2. The van der Waals surface area contributed by atoms with E-state index in [1.165, 1.54) is 12.5 Å². The van der Waals surface area contributed by atoms with Gasteiger partial charge < -0.3 is 9.47 Å². The summed E-state index contributed by atoms with van der Waals surface area (Å²) >= 11 is 0. The highest BCUT2D eigenvalue weighted by Crippen LogP contribution is 2.13. The average molecular weight is 284 g/mol. The predicted octanol–water partition coefficient (Wildman–Crippen LogP) is 2.81. The van der Waals surface area contributed by atoms with E-state index < -0.39 is 0 Å². The molecule has 2 aromatic rings. The highest BCUT2D eigenvalue weighted by Gasteiger charge is 2.17. The summed E-state index contributed by atoms with van der Waals surface area (Å²) in [5.74, 6) is -0.128. The van der Waals surface area contributed by atoms with Crippen LogP contribution < -0.4 is 0 Å². The molecular formula is C17H20N2O2. The van der Waals surface area contributed by atoms with Gasteiger partial charge in [0.2, 0.25) is 0 Å². The Bertz CT molecular complexity index is 669. The minimum atomic E-state index is -0.0921. The van der Waals surface area contributed by atoms with Gasteiger partial charge in [-0.3, -0.25) is 9.59 Å². The fraction of sp³-hybridized carbons (Fsp3) is 0.294. The standard InChI is InChI=1S/C17H20N2O2/c1-12-5-7-14(8-6-12)10-19(4)17(21)16-9-15(13(2)20)11-18(16)3/h5-9,11H,10H2,1-4H3. The first kappa shape index (κ1) is 15.0. The predicted molar refractivity (Wildman–Crippen MR) is 82.4 cm³/mol. The molecule has 0 aliphatic rings. The Labute approximate surface area is 125 Å². The van der Waals surface area contributed by atoms with Crippen molar-refractivity contribution in [3.63, 3.8) is 0 Å². The van der Waals surface area contributed by atoms with Gasteiger partial charge in [0.1, 0.15) is 5.69 Å². The molecule has 0 N–H and O–H groups in total. The summed E-state index contributed by atoms with van der Waals surface area (Å²) < 4.78 is 1.70. The summed E-state index contributed by atoms with van der Waals surface area (Å²) in [6.45, 7) is 4.07. The molecule has 0 radical (unpaired) electrons. The second-order valence-electron chi connectivity index (χ2n) is 5.43. The van der Waals surface area contributed by atoms with Gasteiger partial charge in [-0.15, -0.1) is 0 Å². The third kappa shape index (κ3) is 3.40. The van der Waals surface area contributed by atoms with E-state index in [0.29, 0.717) is 17.8 Å². The summed E-state index contributed by atoms with van der Waals surface area (Å²) in [5.41, 5.74) is 3.36. The van der Waals surface area contributed by atoms with E-state index >= 15 is 0 Å². The molecule has 2 rings (SSSR count). The van der Waals surface area contributed by atoms with E-state index in [9.17, 15) is 9.59 Å². The summed E-state index contributed by atoms with van der Waals surface area (Å²) in [7, 11) is 3.54. The fourth-order valence-electron chi connectivity index (χ4n) is 2.20. The van der Waals surface area contributed by atoms with Gasteiger partial charge in [-0.25, -0.2) is 0 Å². The first-order valence-corrected chi connectivity index (χ1v) is 6.87. The number of rotatable bonds is 4. The molecule has 0 saturated heterocycles. The number of carbonyl (C=O) groups excluding carboxylic acids is 2. The van der Waals surface area contributed by atoms with Crippen LogP contribution in [0.1, 0.15) is 38.9 Å². The maximum Gasteiger partial charge on any atom is 0.270 e. The minimum absolute atomic E-state index is 0.0363. The van der Waals surface area contributed by atoms with Gasteiger partial charge in [0.25, 0.3) is 5.91 Å². The van der Waals surface area contributed by atoms with E-state index in [-0.39, 0.29) is 11.7 Å². The van der Waals surface area contributed by atoms with E-state index in [0.717, 1.165) is 5.56 Å². The van der Waals surface area contributed by atoms with Crippen molar-refractivity contribution in [3.8, 4) is 0 Å². The number of nitrogens with zero attached hydrogens (tertiary/aromatic N) is 2. The zero-order valence-electron chi connectivity index (χ0n) is 12.9.